The molecule has 0 saturated carbocycles. The lowest BCUT2D eigenvalue weighted by atomic mass is 10.2. The number of esters is 1. The third-order valence-electron chi connectivity index (χ3n) is 1.28. The Morgan fingerprint density at radius 3 is 2.50 bits per heavy atom. The molecule has 0 aliphatic carbocycles. The molecule has 2 N–H and O–H groups in total. The standard InChI is InChI=1S/C5H6O5/c6-3-1-2-5(9,10-3)4(7)8/h9H,1-2H2,(H,7,8). The fourth-order valence-electron chi connectivity index (χ4n) is 0.712. The second-order valence-corrected chi connectivity index (χ2v) is 2.06. The van der Waals surface area contributed by atoms with Crippen LogP contribution in [-0.2, 0) is 14.3 Å². The van der Waals surface area contributed by atoms with Gasteiger partial charge in [0, 0.05) is 6.42 Å². The van der Waals surface area contributed by atoms with E-state index in [4.69, 9.17) is 10.2 Å². The minimum Gasteiger partial charge on any atom is -0.476 e. The zero-order valence-electron chi connectivity index (χ0n) is 5.03. The molecule has 0 spiro atoms. The first-order chi connectivity index (χ1) is 4.54. The third kappa shape index (κ3) is 0.950. The van der Waals surface area contributed by atoms with Gasteiger partial charge in [0.15, 0.2) is 0 Å². The van der Waals surface area contributed by atoms with Crippen LogP contribution in [0.15, 0.2) is 0 Å². The maximum atomic E-state index is 10.3. The minimum absolute atomic E-state index is 0.0389. The molecule has 56 valence electrons. The van der Waals surface area contributed by atoms with Gasteiger partial charge in [-0.1, -0.05) is 0 Å². The average molecular weight is 146 g/mol. The van der Waals surface area contributed by atoms with Crippen LogP contribution >= 0.6 is 0 Å². The number of carbonyl (C=O) groups is 2. The fourth-order valence-corrected chi connectivity index (χ4v) is 0.712. The highest BCUT2D eigenvalue weighted by Gasteiger charge is 2.45. The van der Waals surface area contributed by atoms with Gasteiger partial charge in [-0.3, -0.25) is 4.79 Å². The summed E-state index contributed by atoms with van der Waals surface area (Å²) in [6.07, 6.45) is -0.204. The number of cyclic esters (lactones) is 1. The molecule has 1 unspecified atom stereocenters. The number of hydrogen-bond acceptors (Lipinski definition) is 4. The first-order valence-corrected chi connectivity index (χ1v) is 2.72. The Labute approximate surface area is 56.2 Å². The molecule has 10 heavy (non-hydrogen) atoms. The summed E-state index contributed by atoms with van der Waals surface area (Å²) < 4.78 is 4.13. The highest BCUT2D eigenvalue weighted by atomic mass is 16.7. The largest absolute Gasteiger partial charge is 0.476 e. The van der Waals surface area contributed by atoms with E-state index in [1.54, 1.807) is 0 Å². The van der Waals surface area contributed by atoms with Crippen molar-refractivity contribution in [3.05, 3.63) is 0 Å². The van der Waals surface area contributed by atoms with Gasteiger partial charge in [0.1, 0.15) is 0 Å². The molecule has 1 rings (SSSR count). The molecule has 0 bridgehead atoms. The monoisotopic (exact) mass is 146 g/mol. The highest BCUT2D eigenvalue weighted by Crippen LogP contribution is 2.23. The normalized spacial score (nSPS) is 31.9. The lowest BCUT2D eigenvalue weighted by molar-refractivity contribution is -0.209. The molecule has 5 heteroatoms. The molecule has 5 nitrogen and oxygen atoms in total. The molecule has 1 aliphatic heterocycles. The lowest BCUT2D eigenvalue weighted by Gasteiger charge is -2.13. The van der Waals surface area contributed by atoms with E-state index in [0.717, 1.165) is 0 Å². The zero-order chi connectivity index (χ0) is 7.78. The summed E-state index contributed by atoms with van der Waals surface area (Å²) >= 11 is 0. The maximum absolute atomic E-state index is 10.3. The summed E-state index contributed by atoms with van der Waals surface area (Å²) in [7, 11) is 0. The lowest BCUT2D eigenvalue weighted by Crippen LogP contribution is -2.37. The summed E-state index contributed by atoms with van der Waals surface area (Å²) in [4.78, 5) is 20.5. The first kappa shape index (κ1) is 7.01. The van der Waals surface area contributed by atoms with Gasteiger partial charge in [0.2, 0.25) is 0 Å². The second kappa shape index (κ2) is 1.95. The third-order valence-corrected chi connectivity index (χ3v) is 1.28. The molecule has 1 saturated heterocycles. The van der Waals surface area contributed by atoms with E-state index in [2.05, 4.69) is 4.74 Å². The minimum atomic E-state index is -2.27. The molecular weight excluding hydrogens is 140 g/mol. The number of ether oxygens (including phenoxy) is 1. The quantitative estimate of drug-likeness (QED) is 0.468. The summed E-state index contributed by atoms with van der Waals surface area (Å²) in [6, 6.07) is 0. The van der Waals surface area contributed by atoms with Crippen LogP contribution < -0.4 is 0 Å². The van der Waals surface area contributed by atoms with Gasteiger partial charge in [-0.05, 0) is 0 Å². The Hall–Kier alpha value is -1.10. The van der Waals surface area contributed by atoms with Crippen molar-refractivity contribution in [3.8, 4) is 0 Å². The smallest absolute Gasteiger partial charge is 0.377 e. The Kier molecular flexibility index (Phi) is 1.37. The second-order valence-electron chi connectivity index (χ2n) is 2.06. The van der Waals surface area contributed by atoms with Crippen molar-refractivity contribution in [2.24, 2.45) is 0 Å². The highest BCUT2D eigenvalue weighted by molar-refractivity contribution is 5.83. The van der Waals surface area contributed by atoms with Crippen molar-refractivity contribution < 1.29 is 24.5 Å². The van der Waals surface area contributed by atoms with Crippen LogP contribution in [0.2, 0.25) is 0 Å². The van der Waals surface area contributed by atoms with Crippen molar-refractivity contribution in [1.82, 2.24) is 0 Å². The van der Waals surface area contributed by atoms with E-state index in [1.807, 2.05) is 0 Å². The Bertz CT molecular complexity index is 186. The molecule has 0 aromatic rings. The van der Waals surface area contributed by atoms with Crippen molar-refractivity contribution in [2.45, 2.75) is 18.6 Å². The predicted octanol–water partition coefficient (Wildman–Crippen LogP) is -0.903. The summed E-state index contributed by atoms with van der Waals surface area (Å²) in [5, 5.41) is 17.2. The zero-order valence-corrected chi connectivity index (χ0v) is 5.03. The molecule has 0 aromatic heterocycles. The number of rotatable bonds is 1. The molecule has 0 amide bonds. The van der Waals surface area contributed by atoms with E-state index in [0.29, 0.717) is 0 Å². The van der Waals surface area contributed by atoms with Crippen LogP contribution in [-0.4, -0.2) is 27.9 Å². The summed E-state index contributed by atoms with van der Waals surface area (Å²) in [6.45, 7) is 0. The van der Waals surface area contributed by atoms with Gasteiger partial charge < -0.3 is 14.9 Å². The summed E-state index contributed by atoms with van der Waals surface area (Å²) in [5.74, 6) is -4.46. The molecule has 1 fully saturated rings. The van der Waals surface area contributed by atoms with E-state index in [1.165, 1.54) is 0 Å². The average Bonchev–Trinajstić information content (AvgIpc) is 2.13. The number of carboxylic acids is 1. The van der Waals surface area contributed by atoms with Crippen LogP contribution in [0.4, 0.5) is 0 Å². The Balaban J connectivity index is 2.72. The van der Waals surface area contributed by atoms with Crippen molar-refractivity contribution >= 4 is 11.9 Å². The van der Waals surface area contributed by atoms with Gasteiger partial charge in [0.25, 0.3) is 0 Å². The summed E-state index contributed by atoms with van der Waals surface area (Å²) in [5.41, 5.74) is 0. The van der Waals surface area contributed by atoms with Gasteiger partial charge in [-0.2, -0.15) is 0 Å². The number of carbonyl (C=O) groups excluding carboxylic acids is 1. The fraction of sp³-hybridized carbons (Fsp3) is 0.600. The predicted molar refractivity (Wildman–Crippen MR) is 27.9 cm³/mol. The van der Waals surface area contributed by atoms with Gasteiger partial charge in [0.05, 0.1) is 6.42 Å². The first-order valence-electron chi connectivity index (χ1n) is 2.72. The number of carboxylic acid groups (broad SMARTS) is 1. The molecule has 1 heterocycles. The van der Waals surface area contributed by atoms with Crippen LogP contribution in [0.5, 0.6) is 0 Å². The maximum Gasteiger partial charge on any atom is 0.377 e. The Morgan fingerprint density at radius 2 is 2.30 bits per heavy atom. The number of aliphatic carboxylic acids is 1. The van der Waals surface area contributed by atoms with E-state index in [9.17, 15) is 9.59 Å². The van der Waals surface area contributed by atoms with E-state index in [-0.39, 0.29) is 12.8 Å². The van der Waals surface area contributed by atoms with Crippen molar-refractivity contribution in [2.75, 3.05) is 0 Å². The molecule has 0 radical (unpaired) electrons. The van der Waals surface area contributed by atoms with Gasteiger partial charge in [-0.25, -0.2) is 4.79 Å². The van der Waals surface area contributed by atoms with E-state index >= 15 is 0 Å². The van der Waals surface area contributed by atoms with Crippen LogP contribution in [0.25, 0.3) is 0 Å². The van der Waals surface area contributed by atoms with Crippen LogP contribution in [0.1, 0.15) is 12.8 Å². The van der Waals surface area contributed by atoms with E-state index < -0.39 is 17.7 Å². The molecule has 1 atom stereocenters. The topological polar surface area (TPSA) is 83.8 Å². The van der Waals surface area contributed by atoms with Crippen molar-refractivity contribution in [1.29, 1.82) is 0 Å². The Morgan fingerprint density at radius 1 is 1.70 bits per heavy atom. The van der Waals surface area contributed by atoms with Gasteiger partial charge >= 0.3 is 17.7 Å². The molecule has 1 aliphatic rings. The van der Waals surface area contributed by atoms with Crippen LogP contribution in [0.3, 0.4) is 0 Å². The number of hydrogen-bond donors (Lipinski definition) is 2. The van der Waals surface area contributed by atoms with Crippen molar-refractivity contribution in [3.63, 3.8) is 0 Å². The van der Waals surface area contributed by atoms with Gasteiger partial charge in [-0.15, -0.1) is 0 Å². The SMILES string of the molecule is O=C1CCC(O)(C(=O)O)O1. The molecule has 0 aromatic carbocycles. The molecular formula is C5H6O5. The number of aliphatic hydroxyl groups is 1. The van der Waals surface area contributed by atoms with Crippen LogP contribution in [0, 0.1) is 0 Å².